The quantitative estimate of drug-likeness (QED) is 0.253. The number of carbonyl (C=O) groups is 2. The summed E-state index contributed by atoms with van der Waals surface area (Å²) in [7, 11) is 3.62. The predicted octanol–water partition coefficient (Wildman–Crippen LogP) is 6.65. The zero-order valence-electron chi connectivity index (χ0n) is 28.8. The molecular weight excluding hydrogens is 570 g/mol. The van der Waals surface area contributed by atoms with Gasteiger partial charge in [-0.1, -0.05) is 32.4 Å². The number of ether oxygens (including phenoxy) is 3. The van der Waals surface area contributed by atoms with Gasteiger partial charge in [0.05, 0.1) is 7.11 Å². The second-order valence-corrected chi connectivity index (χ2v) is 12.9. The summed E-state index contributed by atoms with van der Waals surface area (Å²) in [5.74, 6) is 2.17. The zero-order chi connectivity index (χ0) is 33.1. The Morgan fingerprint density at radius 2 is 1.82 bits per heavy atom. The highest BCUT2D eigenvalue weighted by atomic mass is 16.6. The summed E-state index contributed by atoms with van der Waals surface area (Å²) in [4.78, 5) is 40.8. The molecule has 1 aromatic rings. The van der Waals surface area contributed by atoms with Crippen molar-refractivity contribution < 1.29 is 23.8 Å². The van der Waals surface area contributed by atoms with Crippen molar-refractivity contribution in [3.05, 3.63) is 53.6 Å². The van der Waals surface area contributed by atoms with E-state index in [2.05, 4.69) is 29.8 Å². The van der Waals surface area contributed by atoms with Gasteiger partial charge in [0.15, 0.2) is 0 Å². The van der Waals surface area contributed by atoms with Crippen molar-refractivity contribution in [2.45, 2.75) is 92.3 Å². The normalized spacial score (nSPS) is 18.3. The number of rotatable bonds is 11. The Kier molecular flexibility index (Phi) is 13.1. The number of esters is 1. The smallest absolute Gasteiger partial charge is 0.410 e. The molecular formula is C35H53N5O5. The summed E-state index contributed by atoms with van der Waals surface area (Å²) in [6, 6.07) is 3.91. The van der Waals surface area contributed by atoms with Crippen molar-refractivity contribution in [2.24, 2.45) is 10.9 Å². The van der Waals surface area contributed by atoms with Crippen molar-refractivity contribution in [1.29, 1.82) is 0 Å². The molecule has 10 nitrogen and oxygen atoms in total. The van der Waals surface area contributed by atoms with Crippen LogP contribution >= 0.6 is 0 Å². The molecule has 1 fully saturated rings. The van der Waals surface area contributed by atoms with E-state index in [1.54, 1.807) is 18.2 Å². The van der Waals surface area contributed by atoms with Gasteiger partial charge in [-0.15, -0.1) is 0 Å². The number of piperazine rings is 1. The molecule has 0 bridgehead atoms. The van der Waals surface area contributed by atoms with E-state index in [4.69, 9.17) is 19.2 Å². The SMILES string of the molecule is CCC(C)=C/C(=C1/N=C(N2CCN(C(=O)OC(CC)CCC(C)CC(=O)OC(C)(C)C)CC2)C=CN1C)c1cccnc1OC. The Bertz CT molecular complexity index is 1290. The lowest BCUT2D eigenvalue weighted by Gasteiger charge is -2.37. The van der Waals surface area contributed by atoms with Crippen LogP contribution < -0.4 is 4.74 Å². The van der Waals surface area contributed by atoms with E-state index in [1.807, 2.05) is 71.0 Å². The number of pyridine rings is 1. The summed E-state index contributed by atoms with van der Waals surface area (Å²) in [5, 5.41) is 0. The fourth-order valence-electron chi connectivity index (χ4n) is 5.19. The molecule has 1 aromatic heterocycles. The van der Waals surface area contributed by atoms with Crippen molar-refractivity contribution in [3.63, 3.8) is 0 Å². The van der Waals surface area contributed by atoms with E-state index in [9.17, 15) is 9.59 Å². The molecule has 1 saturated heterocycles. The number of carbonyl (C=O) groups excluding carboxylic acids is 2. The molecule has 45 heavy (non-hydrogen) atoms. The van der Waals surface area contributed by atoms with Gasteiger partial charge in [-0.25, -0.2) is 14.8 Å². The average molecular weight is 624 g/mol. The number of amidine groups is 1. The van der Waals surface area contributed by atoms with E-state index in [0.717, 1.165) is 42.1 Å². The van der Waals surface area contributed by atoms with Gasteiger partial charge < -0.3 is 28.9 Å². The van der Waals surface area contributed by atoms with Gasteiger partial charge >= 0.3 is 12.1 Å². The van der Waals surface area contributed by atoms with E-state index < -0.39 is 5.60 Å². The van der Waals surface area contributed by atoms with Crippen LogP contribution in [0.5, 0.6) is 5.88 Å². The minimum absolute atomic E-state index is 0.152. The maximum atomic E-state index is 13.1. The van der Waals surface area contributed by atoms with Gasteiger partial charge in [0.1, 0.15) is 23.4 Å². The van der Waals surface area contributed by atoms with Crippen molar-refractivity contribution in [2.75, 3.05) is 40.3 Å². The monoisotopic (exact) mass is 623 g/mol. The third-order valence-electron chi connectivity index (χ3n) is 7.95. The first kappa shape index (κ1) is 35.7. The second-order valence-electron chi connectivity index (χ2n) is 12.9. The molecule has 3 rings (SSSR count). The standard InChI is InChI=1S/C35H53N5O5/c1-10-25(3)23-29(28-13-12-17-36-33(28)43-9)32-37-30(16-18-38(32)8)39-19-21-40(22-20-39)34(42)44-27(11-2)15-14-26(4)24-31(41)45-35(5,6)7/h12-13,16-18,23,26-27H,10-11,14-15,19-22,24H2,1-9H3/b25-23?,32-29+. The number of aliphatic imine (C=N–C) groups is 1. The molecule has 10 heteroatoms. The summed E-state index contributed by atoms with van der Waals surface area (Å²) >= 11 is 0. The van der Waals surface area contributed by atoms with E-state index in [-0.39, 0.29) is 24.1 Å². The number of nitrogens with zero attached hydrogens (tertiary/aromatic N) is 5. The highest BCUT2D eigenvalue weighted by Crippen LogP contribution is 2.32. The van der Waals surface area contributed by atoms with Gasteiger partial charge in [-0.3, -0.25) is 4.79 Å². The summed E-state index contributed by atoms with van der Waals surface area (Å²) in [6.45, 7) is 16.3. The maximum Gasteiger partial charge on any atom is 0.410 e. The molecule has 0 radical (unpaired) electrons. The van der Waals surface area contributed by atoms with E-state index in [1.165, 1.54) is 5.57 Å². The Hall–Kier alpha value is -3.82. The molecule has 0 spiro atoms. The first-order valence-corrected chi connectivity index (χ1v) is 16.2. The van der Waals surface area contributed by atoms with Crippen LogP contribution in [0.15, 0.2) is 53.1 Å². The van der Waals surface area contributed by atoms with Crippen molar-refractivity contribution in [1.82, 2.24) is 19.7 Å². The molecule has 0 aliphatic carbocycles. The second kappa shape index (κ2) is 16.5. The van der Waals surface area contributed by atoms with Gasteiger partial charge in [0, 0.05) is 63.2 Å². The van der Waals surface area contributed by atoms with Crippen LogP contribution in [0.2, 0.25) is 0 Å². The Labute approximate surface area is 269 Å². The number of allylic oxidation sites excluding steroid dienone is 3. The van der Waals surface area contributed by atoms with Crippen LogP contribution in [-0.4, -0.2) is 89.6 Å². The lowest BCUT2D eigenvalue weighted by molar-refractivity contribution is -0.155. The van der Waals surface area contributed by atoms with E-state index >= 15 is 0 Å². The van der Waals surface area contributed by atoms with Gasteiger partial charge in [0.2, 0.25) is 5.88 Å². The molecule has 248 valence electrons. The summed E-state index contributed by atoms with van der Waals surface area (Å²) < 4.78 is 17.0. The number of amides is 1. The molecule has 2 unspecified atom stereocenters. The third-order valence-corrected chi connectivity index (χ3v) is 7.95. The van der Waals surface area contributed by atoms with Crippen LogP contribution in [0, 0.1) is 5.92 Å². The first-order chi connectivity index (χ1) is 21.3. The maximum absolute atomic E-state index is 13.1. The highest BCUT2D eigenvalue weighted by molar-refractivity contribution is 5.96. The molecule has 1 amide bonds. The molecule has 0 N–H and O–H groups in total. The average Bonchev–Trinajstić information content (AvgIpc) is 3.01. The highest BCUT2D eigenvalue weighted by Gasteiger charge is 2.28. The molecule has 2 aliphatic heterocycles. The Balaban J connectivity index is 1.64. The minimum atomic E-state index is -0.487. The van der Waals surface area contributed by atoms with Crippen molar-refractivity contribution >= 4 is 23.5 Å². The molecule has 0 aromatic carbocycles. The van der Waals surface area contributed by atoms with Gasteiger partial charge in [-0.2, -0.15) is 0 Å². The Morgan fingerprint density at radius 1 is 1.11 bits per heavy atom. The number of hydrogen-bond acceptors (Lipinski definition) is 9. The summed E-state index contributed by atoms with van der Waals surface area (Å²) in [5.41, 5.74) is 2.56. The van der Waals surface area contributed by atoms with Crippen LogP contribution in [0.25, 0.3) is 5.57 Å². The molecule has 2 aliphatic rings. The minimum Gasteiger partial charge on any atom is -0.481 e. The number of methoxy groups -OCH3 is 1. The Morgan fingerprint density at radius 3 is 2.44 bits per heavy atom. The molecule has 2 atom stereocenters. The topological polar surface area (TPSA) is 96.8 Å². The number of aromatic nitrogens is 1. The van der Waals surface area contributed by atoms with E-state index in [0.29, 0.717) is 44.9 Å². The summed E-state index contributed by atoms with van der Waals surface area (Å²) in [6.07, 6.45) is 10.9. The lowest BCUT2D eigenvalue weighted by Crippen LogP contribution is -2.51. The van der Waals surface area contributed by atoms with Crippen LogP contribution in [0.1, 0.15) is 86.1 Å². The van der Waals surface area contributed by atoms with Crippen LogP contribution in [0.4, 0.5) is 4.79 Å². The molecule has 0 saturated carbocycles. The van der Waals surface area contributed by atoms with Gasteiger partial charge in [0.25, 0.3) is 0 Å². The fraction of sp³-hybridized carbons (Fsp3) is 0.600. The van der Waals surface area contributed by atoms with Crippen LogP contribution in [0.3, 0.4) is 0 Å². The van der Waals surface area contributed by atoms with Crippen LogP contribution in [-0.2, 0) is 14.3 Å². The third kappa shape index (κ3) is 10.6. The zero-order valence-corrected chi connectivity index (χ0v) is 28.8. The number of hydrogen-bond donors (Lipinski definition) is 0. The first-order valence-electron chi connectivity index (χ1n) is 16.2. The molecule has 3 heterocycles. The van der Waals surface area contributed by atoms with Gasteiger partial charge in [-0.05, 0) is 77.5 Å². The van der Waals surface area contributed by atoms with Crippen molar-refractivity contribution in [3.8, 4) is 5.88 Å². The predicted molar refractivity (Wildman–Crippen MR) is 179 cm³/mol. The fourth-order valence-corrected chi connectivity index (χ4v) is 5.19. The largest absolute Gasteiger partial charge is 0.481 e. The lowest BCUT2D eigenvalue weighted by atomic mass is 9.98.